The molecule has 1 aliphatic heterocycles. The lowest BCUT2D eigenvalue weighted by atomic mass is 10.1. The van der Waals surface area contributed by atoms with E-state index in [1.165, 1.54) is 0 Å². The topological polar surface area (TPSA) is 71.4 Å². The van der Waals surface area contributed by atoms with Crippen molar-refractivity contribution in [2.24, 2.45) is 0 Å². The number of carbonyl (C=O) groups excluding carboxylic acids is 3. The smallest absolute Gasteiger partial charge is 0.318 e. The molecule has 3 aromatic carbocycles. The van der Waals surface area contributed by atoms with Gasteiger partial charge in [0.2, 0.25) is 0 Å². The quantitative estimate of drug-likeness (QED) is 0.248. The van der Waals surface area contributed by atoms with Crippen LogP contribution in [0.5, 0.6) is 0 Å². The van der Waals surface area contributed by atoms with Gasteiger partial charge in [-0.05, 0) is 73.0 Å². The zero-order valence-corrected chi connectivity index (χ0v) is 21.2. The van der Waals surface area contributed by atoms with Crippen LogP contribution in [-0.2, 0) is 9.59 Å². The minimum absolute atomic E-state index is 0.103. The first-order valence-electron chi connectivity index (χ1n) is 11.4. The average molecular weight is 540 g/mol. The van der Waals surface area contributed by atoms with Gasteiger partial charge in [0.15, 0.2) is 0 Å². The molecule has 0 bridgehead atoms. The van der Waals surface area contributed by atoms with Gasteiger partial charge in [-0.2, -0.15) is 0 Å². The number of anilines is 1. The number of amides is 4. The van der Waals surface area contributed by atoms with Crippen LogP contribution >= 0.6 is 15.9 Å². The number of hydrogen-bond acceptors (Lipinski definition) is 3. The minimum Gasteiger partial charge on any atom is -0.318 e. The van der Waals surface area contributed by atoms with Crippen molar-refractivity contribution in [1.29, 1.82) is 0 Å². The monoisotopic (exact) mass is 539 g/mol. The van der Waals surface area contributed by atoms with Crippen LogP contribution in [0.3, 0.4) is 0 Å². The van der Waals surface area contributed by atoms with E-state index in [0.717, 1.165) is 38.7 Å². The summed E-state index contributed by atoms with van der Waals surface area (Å²) in [6.45, 7) is 3.91. The van der Waals surface area contributed by atoms with E-state index < -0.39 is 17.8 Å². The van der Waals surface area contributed by atoms with Crippen LogP contribution in [0.2, 0.25) is 0 Å². The second-order valence-electron chi connectivity index (χ2n) is 8.51. The summed E-state index contributed by atoms with van der Waals surface area (Å²) in [5.41, 5.74) is 6.05. The highest BCUT2D eigenvalue weighted by Crippen LogP contribution is 2.28. The summed E-state index contributed by atoms with van der Waals surface area (Å²) in [4.78, 5) is 39.4. The number of benzene rings is 3. The van der Waals surface area contributed by atoms with E-state index in [2.05, 4.69) is 50.1 Å². The van der Waals surface area contributed by atoms with E-state index in [0.29, 0.717) is 10.2 Å². The Morgan fingerprint density at radius 1 is 0.778 bits per heavy atom. The van der Waals surface area contributed by atoms with Crippen molar-refractivity contribution in [2.75, 3.05) is 4.90 Å². The molecule has 0 radical (unpaired) electrons. The Morgan fingerprint density at radius 2 is 1.47 bits per heavy atom. The van der Waals surface area contributed by atoms with Gasteiger partial charge in [0.1, 0.15) is 5.57 Å². The van der Waals surface area contributed by atoms with Gasteiger partial charge in [-0.3, -0.25) is 14.9 Å². The Bertz CT molecular complexity index is 1540. The first kappa shape index (κ1) is 23.5. The predicted molar refractivity (Wildman–Crippen MR) is 144 cm³/mol. The van der Waals surface area contributed by atoms with Crippen LogP contribution in [0.25, 0.3) is 22.9 Å². The summed E-state index contributed by atoms with van der Waals surface area (Å²) in [5.74, 6) is -1.38. The summed E-state index contributed by atoms with van der Waals surface area (Å²) in [6.07, 6.45) is 1.55. The van der Waals surface area contributed by atoms with Crippen molar-refractivity contribution in [3.63, 3.8) is 0 Å². The lowest BCUT2D eigenvalue weighted by Gasteiger charge is -2.26. The Kier molecular flexibility index (Phi) is 6.16. The van der Waals surface area contributed by atoms with Crippen molar-refractivity contribution < 1.29 is 14.4 Å². The summed E-state index contributed by atoms with van der Waals surface area (Å²) in [5, 5.41) is 2.28. The maximum Gasteiger partial charge on any atom is 0.335 e. The number of nitrogens with one attached hydrogen (secondary N) is 1. The molecule has 4 aromatic rings. The number of urea groups is 1. The zero-order chi connectivity index (χ0) is 25.4. The van der Waals surface area contributed by atoms with Gasteiger partial charge in [-0.1, -0.05) is 64.5 Å². The van der Waals surface area contributed by atoms with Crippen molar-refractivity contribution in [3.05, 3.63) is 112 Å². The first-order valence-corrected chi connectivity index (χ1v) is 12.1. The van der Waals surface area contributed by atoms with E-state index in [9.17, 15) is 14.4 Å². The molecule has 2 heterocycles. The maximum absolute atomic E-state index is 13.3. The maximum atomic E-state index is 13.3. The molecule has 1 aliphatic rings. The largest absolute Gasteiger partial charge is 0.335 e. The molecule has 1 aromatic heterocycles. The number of aromatic nitrogens is 1. The number of carbonyl (C=O) groups is 3. The van der Waals surface area contributed by atoms with Crippen LogP contribution in [0, 0.1) is 13.8 Å². The number of aryl methyl sites for hydroxylation is 1. The fourth-order valence-corrected chi connectivity index (χ4v) is 4.81. The number of rotatable bonds is 4. The molecule has 0 aliphatic carbocycles. The lowest BCUT2D eigenvalue weighted by molar-refractivity contribution is -0.122. The molecule has 6 nitrogen and oxygen atoms in total. The van der Waals surface area contributed by atoms with Crippen LogP contribution in [0.1, 0.15) is 17.0 Å². The van der Waals surface area contributed by atoms with Crippen LogP contribution in [-0.4, -0.2) is 22.4 Å². The molecule has 178 valence electrons. The number of hydrogen-bond donors (Lipinski definition) is 1. The van der Waals surface area contributed by atoms with Gasteiger partial charge in [0.25, 0.3) is 11.8 Å². The van der Waals surface area contributed by atoms with E-state index in [1.54, 1.807) is 30.3 Å². The van der Waals surface area contributed by atoms with Gasteiger partial charge < -0.3 is 4.57 Å². The highest BCUT2D eigenvalue weighted by atomic mass is 79.9. The van der Waals surface area contributed by atoms with E-state index in [1.807, 2.05) is 50.2 Å². The van der Waals surface area contributed by atoms with Gasteiger partial charge in [-0.25, -0.2) is 9.69 Å². The van der Waals surface area contributed by atoms with Gasteiger partial charge >= 0.3 is 6.03 Å². The molecule has 36 heavy (non-hydrogen) atoms. The van der Waals surface area contributed by atoms with Crippen LogP contribution in [0.15, 0.2) is 95.0 Å². The Hall–Kier alpha value is -4.23. The second kappa shape index (κ2) is 9.43. The Morgan fingerprint density at radius 3 is 2.17 bits per heavy atom. The number of barbiturate groups is 1. The molecule has 1 fully saturated rings. The van der Waals surface area contributed by atoms with Crippen molar-refractivity contribution in [1.82, 2.24) is 9.88 Å². The van der Waals surface area contributed by atoms with E-state index in [4.69, 9.17) is 0 Å². The van der Waals surface area contributed by atoms with E-state index in [-0.39, 0.29) is 5.57 Å². The lowest BCUT2D eigenvalue weighted by Crippen LogP contribution is -2.54. The highest BCUT2D eigenvalue weighted by Gasteiger charge is 2.37. The van der Waals surface area contributed by atoms with Crippen molar-refractivity contribution in [2.45, 2.75) is 13.8 Å². The standard InChI is InChI=1S/C29H22BrN3O3/c1-18-15-22(19(2)32(18)24-13-11-21(12-14-24)20-7-4-3-5-8-20)16-26-27(34)31-29(36)33(28(26)35)25-10-6-9-23(30)17-25/h3-17H,1-2H3,(H,31,34,36)/b26-16-. The molecule has 0 atom stereocenters. The Balaban J connectivity index is 1.50. The molecule has 5 rings (SSSR count). The predicted octanol–water partition coefficient (Wildman–Crippen LogP) is 6.19. The second-order valence-corrected chi connectivity index (χ2v) is 9.43. The molecule has 7 heteroatoms. The van der Waals surface area contributed by atoms with Crippen molar-refractivity contribution >= 4 is 45.5 Å². The molecule has 1 N–H and O–H groups in total. The van der Waals surface area contributed by atoms with Gasteiger partial charge in [-0.15, -0.1) is 0 Å². The highest BCUT2D eigenvalue weighted by molar-refractivity contribution is 9.10. The van der Waals surface area contributed by atoms with E-state index >= 15 is 0 Å². The summed E-state index contributed by atoms with van der Waals surface area (Å²) in [7, 11) is 0. The first-order chi connectivity index (χ1) is 17.3. The number of halogens is 1. The molecule has 0 spiro atoms. The third-order valence-corrected chi connectivity index (χ3v) is 6.66. The third-order valence-electron chi connectivity index (χ3n) is 6.17. The van der Waals surface area contributed by atoms with Crippen LogP contribution in [0.4, 0.5) is 10.5 Å². The summed E-state index contributed by atoms with van der Waals surface area (Å²) in [6, 6.07) is 26.3. The molecule has 1 saturated heterocycles. The van der Waals surface area contributed by atoms with Gasteiger partial charge in [0.05, 0.1) is 5.69 Å². The number of imide groups is 2. The fourth-order valence-electron chi connectivity index (χ4n) is 4.43. The minimum atomic E-state index is -0.774. The average Bonchev–Trinajstić information content (AvgIpc) is 3.15. The number of nitrogens with zero attached hydrogens (tertiary/aromatic N) is 2. The molecule has 0 unspecified atom stereocenters. The summed E-state index contributed by atoms with van der Waals surface area (Å²) >= 11 is 3.36. The SMILES string of the molecule is Cc1cc(/C=C2/C(=O)NC(=O)N(c3cccc(Br)c3)C2=O)c(C)n1-c1ccc(-c2ccccc2)cc1. The van der Waals surface area contributed by atoms with Crippen molar-refractivity contribution in [3.8, 4) is 16.8 Å². The molecular weight excluding hydrogens is 518 g/mol. The molecule has 4 amide bonds. The fraction of sp³-hybridized carbons (Fsp3) is 0.0690. The van der Waals surface area contributed by atoms with Crippen LogP contribution < -0.4 is 10.2 Å². The molecule has 0 saturated carbocycles. The van der Waals surface area contributed by atoms with Gasteiger partial charge in [0, 0.05) is 21.5 Å². The third kappa shape index (κ3) is 4.29. The molecular formula is C29H22BrN3O3. The Labute approximate surface area is 217 Å². The zero-order valence-electron chi connectivity index (χ0n) is 19.7. The normalized spacial score (nSPS) is 14.9. The summed E-state index contributed by atoms with van der Waals surface area (Å²) < 4.78 is 2.79.